The standard InChI is InChI=1S/C14H22N4O2Si/c1-14(2,3)21(4,5)20-9-12-16-10-18(17-12)13-7-6-11(19)8-15-13/h6-8,10,19H,9H2,1-5H3. The molecule has 6 nitrogen and oxygen atoms in total. The molecule has 2 aromatic heterocycles. The first-order valence-electron chi connectivity index (χ1n) is 6.89. The summed E-state index contributed by atoms with van der Waals surface area (Å²) in [6.07, 6.45) is 2.98. The van der Waals surface area contributed by atoms with E-state index >= 15 is 0 Å². The predicted molar refractivity (Wildman–Crippen MR) is 82.8 cm³/mol. The van der Waals surface area contributed by atoms with E-state index in [2.05, 4.69) is 48.9 Å². The van der Waals surface area contributed by atoms with Gasteiger partial charge in [-0.3, -0.25) is 0 Å². The number of aromatic nitrogens is 4. The molecule has 114 valence electrons. The van der Waals surface area contributed by atoms with Gasteiger partial charge in [0.1, 0.15) is 12.1 Å². The SMILES string of the molecule is CC(C)(C)[Si](C)(C)OCc1ncn(-c2ccc(O)cn2)n1. The van der Waals surface area contributed by atoms with Crippen molar-refractivity contribution in [3.63, 3.8) is 0 Å². The number of aromatic hydroxyl groups is 1. The van der Waals surface area contributed by atoms with Crippen molar-refractivity contribution < 1.29 is 9.53 Å². The van der Waals surface area contributed by atoms with E-state index in [0.29, 0.717) is 18.2 Å². The molecule has 0 aliphatic heterocycles. The monoisotopic (exact) mass is 306 g/mol. The second-order valence-corrected chi connectivity index (χ2v) is 11.3. The Hall–Kier alpha value is -1.73. The molecule has 0 aromatic carbocycles. The summed E-state index contributed by atoms with van der Waals surface area (Å²) in [5, 5.41) is 13.8. The lowest BCUT2D eigenvalue weighted by atomic mass is 10.2. The lowest BCUT2D eigenvalue weighted by molar-refractivity contribution is 0.267. The zero-order valence-corrected chi connectivity index (χ0v) is 14.2. The van der Waals surface area contributed by atoms with Crippen molar-refractivity contribution in [2.24, 2.45) is 0 Å². The van der Waals surface area contributed by atoms with Gasteiger partial charge in [0.25, 0.3) is 0 Å². The van der Waals surface area contributed by atoms with Crippen molar-refractivity contribution in [1.29, 1.82) is 0 Å². The van der Waals surface area contributed by atoms with E-state index in [1.807, 2.05) is 0 Å². The molecule has 21 heavy (non-hydrogen) atoms. The van der Waals surface area contributed by atoms with Gasteiger partial charge in [-0.1, -0.05) is 20.8 Å². The summed E-state index contributed by atoms with van der Waals surface area (Å²) in [5.41, 5.74) is 0. The van der Waals surface area contributed by atoms with Gasteiger partial charge in [-0.25, -0.2) is 14.6 Å². The third kappa shape index (κ3) is 3.67. The van der Waals surface area contributed by atoms with Crippen molar-refractivity contribution >= 4 is 8.32 Å². The van der Waals surface area contributed by atoms with Crippen LogP contribution >= 0.6 is 0 Å². The second kappa shape index (κ2) is 5.57. The topological polar surface area (TPSA) is 73.1 Å². The molecule has 2 rings (SSSR count). The van der Waals surface area contributed by atoms with Crippen LogP contribution in [0.25, 0.3) is 5.82 Å². The third-order valence-corrected chi connectivity index (χ3v) is 8.35. The molecule has 1 N–H and O–H groups in total. The highest BCUT2D eigenvalue weighted by Crippen LogP contribution is 2.36. The fourth-order valence-corrected chi connectivity index (χ4v) is 2.37. The maximum absolute atomic E-state index is 9.24. The quantitative estimate of drug-likeness (QED) is 0.879. The van der Waals surface area contributed by atoms with Gasteiger partial charge in [0, 0.05) is 0 Å². The van der Waals surface area contributed by atoms with E-state index in [1.54, 1.807) is 23.1 Å². The highest BCUT2D eigenvalue weighted by molar-refractivity contribution is 6.74. The first-order chi connectivity index (χ1) is 9.69. The Morgan fingerprint density at radius 1 is 1.24 bits per heavy atom. The average molecular weight is 306 g/mol. The van der Waals surface area contributed by atoms with E-state index in [0.717, 1.165) is 0 Å². The first kappa shape index (κ1) is 15.7. The Bertz CT molecular complexity index is 602. The van der Waals surface area contributed by atoms with Crippen LogP contribution in [0.15, 0.2) is 24.7 Å². The fourth-order valence-electron chi connectivity index (χ4n) is 1.45. The van der Waals surface area contributed by atoms with Gasteiger partial charge in [0.2, 0.25) is 0 Å². The first-order valence-corrected chi connectivity index (χ1v) is 9.80. The van der Waals surface area contributed by atoms with Crippen LogP contribution in [0.4, 0.5) is 0 Å². The average Bonchev–Trinajstić information content (AvgIpc) is 2.85. The summed E-state index contributed by atoms with van der Waals surface area (Å²) in [6.45, 7) is 11.4. The van der Waals surface area contributed by atoms with E-state index in [4.69, 9.17) is 4.43 Å². The van der Waals surface area contributed by atoms with Crippen LogP contribution in [0.1, 0.15) is 26.6 Å². The van der Waals surface area contributed by atoms with Gasteiger partial charge in [0.15, 0.2) is 20.0 Å². The normalized spacial score (nSPS) is 12.6. The van der Waals surface area contributed by atoms with E-state index in [1.165, 1.54) is 6.20 Å². The zero-order chi connectivity index (χ0) is 15.7. The summed E-state index contributed by atoms with van der Waals surface area (Å²) < 4.78 is 7.66. The Balaban J connectivity index is 2.06. The minimum atomic E-state index is -1.80. The summed E-state index contributed by atoms with van der Waals surface area (Å²) >= 11 is 0. The number of hydrogen-bond acceptors (Lipinski definition) is 5. The van der Waals surface area contributed by atoms with Crippen molar-refractivity contribution in [2.75, 3.05) is 0 Å². The minimum Gasteiger partial charge on any atom is -0.506 e. The van der Waals surface area contributed by atoms with Crippen molar-refractivity contribution in [3.05, 3.63) is 30.5 Å². The Labute approximate surface area is 126 Å². The fraction of sp³-hybridized carbons (Fsp3) is 0.500. The van der Waals surface area contributed by atoms with Gasteiger partial charge in [-0.2, -0.15) is 0 Å². The van der Waals surface area contributed by atoms with E-state index in [9.17, 15) is 5.11 Å². The summed E-state index contributed by atoms with van der Waals surface area (Å²) in [7, 11) is -1.80. The molecule has 0 spiro atoms. The Morgan fingerprint density at radius 2 is 1.95 bits per heavy atom. The molecule has 0 unspecified atom stereocenters. The molecule has 0 aliphatic rings. The van der Waals surface area contributed by atoms with Gasteiger partial charge < -0.3 is 9.53 Å². The van der Waals surface area contributed by atoms with Crippen LogP contribution in [-0.2, 0) is 11.0 Å². The Kier molecular flexibility index (Phi) is 4.15. The Morgan fingerprint density at radius 3 is 2.52 bits per heavy atom. The molecule has 0 fully saturated rings. The van der Waals surface area contributed by atoms with Crippen molar-refractivity contribution in [3.8, 4) is 11.6 Å². The maximum Gasteiger partial charge on any atom is 0.192 e. The van der Waals surface area contributed by atoms with Crippen LogP contribution in [0.5, 0.6) is 5.75 Å². The molecular weight excluding hydrogens is 284 g/mol. The lowest BCUT2D eigenvalue weighted by Crippen LogP contribution is -2.40. The van der Waals surface area contributed by atoms with Gasteiger partial charge in [0.05, 0.1) is 12.8 Å². The van der Waals surface area contributed by atoms with Gasteiger partial charge in [-0.05, 0) is 30.3 Å². The summed E-state index contributed by atoms with van der Waals surface area (Å²) in [6, 6.07) is 3.25. The summed E-state index contributed by atoms with van der Waals surface area (Å²) in [5.74, 6) is 1.37. The maximum atomic E-state index is 9.24. The molecule has 0 bridgehead atoms. The lowest BCUT2D eigenvalue weighted by Gasteiger charge is -2.35. The van der Waals surface area contributed by atoms with Crippen LogP contribution in [0, 0.1) is 0 Å². The van der Waals surface area contributed by atoms with Crippen LogP contribution in [0.3, 0.4) is 0 Å². The second-order valence-electron chi connectivity index (χ2n) is 6.53. The van der Waals surface area contributed by atoms with E-state index in [-0.39, 0.29) is 10.8 Å². The van der Waals surface area contributed by atoms with Gasteiger partial charge in [-0.15, -0.1) is 5.10 Å². The molecule has 7 heteroatoms. The third-order valence-electron chi connectivity index (χ3n) is 3.87. The smallest absolute Gasteiger partial charge is 0.192 e. The molecule has 0 saturated carbocycles. The highest BCUT2D eigenvalue weighted by atomic mass is 28.4. The molecule has 0 atom stereocenters. The predicted octanol–water partition coefficient (Wildman–Crippen LogP) is 2.89. The molecule has 0 saturated heterocycles. The molecule has 0 aliphatic carbocycles. The zero-order valence-electron chi connectivity index (χ0n) is 13.2. The number of rotatable bonds is 4. The molecule has 0 radical (unpaired) electrons. The van der Waals surface area contributed by atoms with Crippen LogP contribution in [-0.4, -0.2) is 33.2 Å². The molecular formula is C14H22N4O2Si. The molecule has 2 aromatic rings. The van der Waals surface area contributed by atoms with Crippen molar-refractivity contribution in [1.82, 2.24) is 19.7 Å². The summed E-state index contributed by atoms with van der Waals surface area (Å²) in [4.78, 5) is 8.34. The highest BCUT2D eigenvalue weighted by Gasteiger charge is 2.37. The van der Waals surface area contributed by atoms with Crippen molar-refractivity contribution in [2.45, 2.75) is 45.5 Å². The molecule has 0 amide bonds. The number of pyridine rings is 1. The molecule has 2 heterocycles. The van der Waals surface area contributed by atoms with Crippen LogP contribution in [0.2, 0.25) is 18.1 Å². The number of nitrogens with zero attached hydrogens (tertiary/aromatic N) is 4. The minimum absolute atomic E-state index is 0.125. The van der Waals surface area contributed by atoms with Crippen LogP contribution < -0.4 is 0 Å². The largest absolute Gasteiger partial charge is 0.506 e. The number of hydrogen-bond donors (Lipinski definition) is 1. The van der Waals surface area contributed by atoms with Gasteiger partial charge >= 0.3 is 0 Å². The van der Waals surface area contributed by atoms with E-state index < -0.39 is 8.32 Å².